The predicted octanol–water partition coefficient (Wildman–Crippen LogP) is 2.86. The number of nitrogen functional groups attached to an aromatic ring is 1. The summed E-state index contributed by atoms with van der Waals surface area (Å²) in [5, 5.41) is 2.82. The molecule has 2 aromatic heterocycles. The minimum Gasteiger partial charge on any atom is -0.497 e. The zero-order chi connectivity index (χ0) is 13.9. The summed E-state index contributed by atoms with van der Waals surface area (Å²) in [7, 11) is 1.64. The van der Waals surface area contributed by atoms with Gasteiger partial charge in [0.05, 0.1) is 12.5 Å². The molecule has 0 saturated heterocycles. The molecular weight excluding hydrogens is 274 g/mol. The first-order valence-electron chi connectivity index (χ1n) is 6.03. The van der Waals surface area contributed by atoms with E-state index in [0.29, 0.717) is 12.5 Å². The van der Waals surface area contributed by atoms with Gasteiger partial charge in [-0.1, -0.05) is 12.1 Å². The highest BCUT2D eigenvalue weighted by molar-refractivity contribution is 7.16. The monoisotopic (exact) mass is 287 g/mol. The fraction of sp³-hybridized carbons (Fsp3) is 0.143. The standard InChI is InChI=1S/C14H13N3O2S/c1-18-10-4-2-3-9(7-10)8-19-12-11-5-6-20-13(11)17-14(15)16-12/h2-7H,8H2,1H3,(H2,15,16,17). The van der Waals surface area contributed by atoms with Gasteiger partial charge in [0.15, 0.2) is 0 Å². The van der Waals surface area contributed by atoms with E-state index < -0.39 is 0 Å². The van der Waals surface area contributed by atoms with Crippen LogP contribution in [0, 0.1) is 0 Å². The number of nitrogens with two attached hydrogens (primary N) is 1. The molecule has 1 aromatic carbocycles. The highest BCUT2D eigenvalue weighted by Crippen LogP contribution is 2.28. The van der Waals surface area contributed by atoms with E-state index >= 15 is 0 Å². The molecule has 6 heteroatoms. The van der Waals surface area contributed by atoms with Crippen molar-refractivity contribution in [2.24, 2.45) is 0 Å². The topological polar surface area (TPSA) is 70.3 Å². The van der Waals surface area contributed by atoms with Gasteiger partial charge in [-0.05, 0) is 29.1 Å². The Hall–Kier alpha value is -2.34. The summed E-state index contributed by atoms with van der Waals surface area (Å²) in [6.07, 6.45) is 0. The second-order valence-corrected chi connectivity index (χ2v) is 5.06. The third-order valence-electron chi connectivity index (χ3n) is 2.82. The first-order chi connectivity index (χ1) is 9.76. The van der Waals surface area contributed by atoms with Crippen LogP contribution in [-0.2, 0) is 6.61 Å². The molecule has 0 fully saturated rings. The Bertz CT molecular complexity index is 742. The Morgan fingerprint density at radius 1 is 1.25 bits per heavy atom. The SMILES string of the molecule is COc1cccc(COc2nc(N)nc3sccc23)c1. The van der Waals surface area contributed by atoms with Gasteiger partial charge in [-0.25, -0.2) is 4.98 Å². The van der Waals surface area contributed by atoms with Gasteiger partial charge in [0.1, 0.15) is 17.2 Å². The maximum absolute atomic E-state index is 5.76. The molecule has 0 bridgehead atoms. The lowest BCUT2D eigenvalue weighted by Crippen LogP contribution is -2.01. The number of hydrogen-bond donors (Lipinski definition) is 1. The normalized spacial score (nSPS) is 10.7. The lowest BCUT2D eigenvalue weighted by atomic mass is 10.2. The van der Waals surface area contributed by atoms with E-state index in [-0.39, 0.29) is 5.95 Å². The predicted molar refractivity (Wildman–Crippen MR) is 79.2 cm³/mol. The van der Waals surface area contributed by atoms with E-state index in [1.54, 1.807) is 7.11 Å². The van der Waals surface area contributed by atoms with Crippen LogP contribution in [0.25, 0.3) is 10.2 Å². The average Bonchev–Trinajstić information content (AvgIpc) is 2.93. The average molecular weight is 287 g/mol. The summed E-state index contributed by atoms with van der Waals surface area (Å²) in [6, 6.07) is 9.64. The van der Waals surface area contributed by atoms with Crippen LogP contribution in [0.1, 0.15) is 5.56 Å². The second kappa shape index (κ2) is 5.34. The van der Waals surface area contributed by atoms with Crippen LogP contribution in [0.2, 0.25) is 0 Å². The van der Waals surface area contributed by atoms with Crippen LogP contribution in [0.15, 0.2) is 35.7 Å². The smallest absolute Gasteiger partial charge is 0.227 e. The fourth-order valence-electron chi connectivity index (χ4n) is 1.87. The Morgan fingerprint density at radius 2 is 2.15 bits per heavy atom. The summed E-state index contributed by atoms with van der Waals surface area (Å²) in [4.78, 5) is 9.15. The van der Waals surface area contributed by atoms with E-state index in [4.69, 9.17) is 15.2 Å². The van der Waals surface area contributed by atoms with Gasteiger partial charge in [0.25, 0.3) is 0 Å². The first-order valence-corrected chi connectivity index (χ1v) is 6.90. The maximum Gasteiger partial charge on any atom is 0.227 e. The van der Waals surface area contributed by atoms with Crippen molar-refractivity contribution < 1.29 is 9.47 Å². The van der Waals surface area contributed by atoms with Crippen LogP contribution < -0.4 is 15.2 Å². The fourth-order valence-corrected chi connectivity index (χ4v) is 2.63. The number of hydrogen-bond acceptors (Lipinski definition) is 6. The van der Waals surface area contributed by atoms with Crippen molar-refractivity contribution >= 4 is 27.5 Å². The van der Waals surface area contributed by atoms with Crippen molar-refractivity contribution in [1.29, 1.82) is 0 Å². The van der Waals surface area contributed by atoms with Gasteiger partial charge in [-0.15, -0.1) is 11.3 Å². The molecule has 2 N–H and O–H groups in total. The molecule has 0 aliphatic carbocycles. The van der Waals surface area contributed by atoms with Crippen molar-refractivity contribution in [3.05, 3.63) is 41.3 Å². The molecular formula is C14H13N3O2S. The quantitative estimate of drug-likeness (QED) is 0.799. The maximum atomic E-state index is 5.76. The van der Waals surface area contributed by atoms with Crippen LogP contribution in [0.3, 0.4) is 0 Å². The summed E-state index contributed by atoms with van der Waals surface area (Å²) < 4.78 is 10.9. The Balaban J connectivity index is 1.84. The number of methoxy groups -OCH3 is 1. The molecule has 3 aromatic rings. The molecule has 5 nitrogen and oxygen atoms in total. The van der Waals surface area contributed by atoms with E-state index in [0.717, 1.165) is 21.5 Å². The van der Waals surface area contributed by atoms with E-state index in [2.05, 4.69) is 9.97 Å². The Labute approximate surface area is 120 Å². The van der Waals surface area contributed by atoms with Crippen molar-refractivity contribution in [3.63, 3.8) is 0 Å². The van der Waals surface area contributed by atoms with E-state index in [1.165, 1.54) is 11.3 Å². The molecule has 0 atom stereocenters. The van der Waals surface area contributed by atoms with E-state index in [9.17, 15) is 0 Å². The minimum atomic E-state index is 0.223. The van der Waals surface area contributed by atoms with Crippen LogP contribution in [0.4, 0.5) is 5.95 Å². The number of benzene rings is 1. The second-order valence-electron chi connectivity index (χ2n) is 4.17. The van der Waals surface area contributed by atoms with Gasteiger partial charge in [-0.2, -0.15) is 4.98 Å². The number of rotatable bonds is 4. The van der Waals surface area contributed by atoms with Gasteiger partial charge < -0.3 is 15.2 Å². The number of anilines is 1. The van der Waals surface area contributed by atoms with Crippen molar-refractivity contribution in [1.82, 2.24) is 9.97 Å². The van der Waals surface area contributed by atoms with Crippen LogP contribution >= 0.6 is 11.3 Å². The molecule has 2 heterocycles. The molecule has 0 unspecified atom stereocenters. The molecule has 20 heavy (non-hydrogen) atoms. The first kappa shape index (κ1) is 12.7. The molecule has 0 saturated carbocycles. The lowest BCUT2D eigenvalue weighted by molar-refractivity contribution is 0.297. The summed E-state index contributed by atoms with van der Waals surface area (Å²) in [6.45, 7) is 0.401. The number of fused-ring (bicyclic) bond motifs is 1. The highest BCUT2D eigenvalue weighted by atomic mass is 32.1. The summed E-state index contributed by atoms with van der Waals surface area (Å²) >= 11 is 1.51. The van der Waals surface area contributed by atoms with Crippen molar-refractivity contribution in [2.45, 2.75) is 6.61 Å². The zero-order valence-electron chi connectivity index (χ0n) is 10.9. The third kappa shape index (κ3) is 2.50. The van der Waals surface area contributed by atoms with Crippen molar-refractivity contribution in [2.75, 3.05) is 12.8 Å². The molecule has 0 aliphatic heterocycles. The number of aromatic nitrogens is 2. The molecule has 0 aliphatic rings. The minimum absolute atomic E-state index is 0.223. The summed E-state index contributed by atoms with van der Waals surface area (Å²) in [5.41, 5.74) is 6.69. The summed E-state index contributed by atoms with van der Waals surface area (Å²) in [5.74, 6) is 1.53. The molecule has 0 radical (unpaired) electrons. The van der Waals surface area contributed by atoms with Crippen LogP contribution in [0.5, 0.6) is 11.6 Å². The third-order valence-corrected chi connectivity index (χ3v) is 3.62. The molecule has 0 spiro atoms. The highest BCUT2D eigenvalue weighted by Gasteiger charge is 2.09. The molecule has 3 rings (SSSR count). The Morgan fingerprint density at radius 3 is 3.00 bits per heavy atom. The van der Waals surface area contributed by atoms with Crippen molar-refractivity contribution in [3.8, 4) is 11.6 Å². The van der Waals surface area contributed by atoms with E-state index in [1.807, 2.05) is 35.7 Å². The Kier molecular flexibility index (Phi) is 3.39. The molecule has 102 valence electrons. The zero-order valence-corrected chi connectivity index (χ0v) is 11.7. The largest absolute Gasteiger partial charge is 0.497 e. The van der Waals surface area contributed by atoms with Gasteiger partial charge in [0, 0.05) is 0 Å². The number of ether oxygens (including phenoxy) is 2. The van der Waals surface area contributed by atoms with Gasteiger partial charge in [0.2, 0.25) is 11.8 Å². The van der Waals surface area contributed by atoms with Gasteiger partial charge >= 0.3 is 0 Å². The van der Waals surface area contributed by atoms with Crippen LogP contribution in [-0.4, -0.2) is 17.1 Å². The lowest BCUT2D eigenvalue weighted by Gasteiger charge is -2.08. The number of nitrogens with zero attached hydrogens (tertiary/aromatic N) is 2. The van der Waals surface area contributed by atoms with Gasteiger partial charge in [-0.3, -0.25) is 0 Å². The number of thiophene rings is 1. The molecule has 0 amide bonds.